The van der Waals surface area contributed by atoms with Gasteiger partial charge in [-0.3, -0.25) is 0 Å². The molecule has 15 heavy (non-hydrogen) atoms. The number of thioether (sulfide) groups is 1. The normalized spacial score (nSPS) is 20.5. The lowest BCUT2D eigenvalue weighted by Crippen LogP contribution is -2.24. The van der Waals surface area contributed by atoms with Gasteiger partial charge in [0.2, 0.25) is 0 Å². The van der Waals surface area contributed by atoms with Crippen molar-refractivity contribution in [3.05, 3.63) is 28.3 Å². The fraction of sp³-hybridized carbons (Fsp3) is 0.500. The summed E-state index contributed by atoms with van der Waals surface area (Å²) in [6.45, 7) is 2.07. The number of methoxy groups -OCH3 is 2. The molecule has 1 rings (SSSR count). The maximum absolute atomic E-state index is 8.79. The maximum Gasteiger partial charge on any atom is 0.328 e. The average molecular weight is 226 g/mol. The summed E-state index contributed by atoms with van der Waals surface area (Å²) >= 11 is 1.67. The van der Waals surface area contributed by atoms with Crippen LogP contribution in [0.15, 0.2) is 22.8 Å². The molecule has 0 radical (unpaired) electrons. The van der Waals surface area contributed by atoms with E-state index in [1.165, 1.54) is 0 Å². The molecule has 0 aromatic rings. The highest BCUT2D eigenvalue weighted by molar-refractivity contribution is 8.03. The summed E-state index contributed by atoms with van der Waals surface area (Å²) in [4.78, 5) is 4.19. The molecule has 5 heteroatoms. The molecular weight excluding hydrogens is 212 g/mol. The quantitative estimate of drug-likeness (QED) is 0.543. The molecule has 82 valence electrons. The van der Waals surface area contributed by atoms with E-state index in [4.69, 9.17) is 15.0 Å². The Morgan fingerprint density at radius 2 is 2.27 bits per heavy atom. The third-order valence-electron chi connectivity index (χ3n) is 2.01. The van der Waals surface area contributed by atoms with Gasteiger partial charge in [-0.25, -0.2) is 0 Å². The molecule has 0 aromatic heterocycles. The Morgan fingerprint density at radius 1 is 1.53 bits per heavy atom. The van der Waals surface area contributed by atoms with Crippen molar-refractivity contribution in [2.24, 2.45) is 0 Å². The summed E-state index contributed by atoms with van der Waals surface area (Å²) in [5.74, 6) is 1.66. The van der Waals surface area contributed by atoms with Crippen molar-refractivity contribution >= 4 is 17.5 Å². The first kappa shape index (κ1) is 12.0. The predicted molar refractivity (Wildman–Crippen MR) is 60.7 cm³/mol. The number of hydrogen-bond acceptors (Lipinski definition) is 3. The van der Waals surface area contributed by atoms with Crippen LogP contribution >= 0.6 is 11.8 Å². The number of rotatable bonds is 4. The minimum atomic E-state index is -0.303. The van der Waals surface area contributed by atoms with Crippen LogP contribution in [0.4, 0.5) is 0 Å². The van der Waals surface area contributed by atoms with Crippen LogP contribution in [0.2, 0.25) is 0 Å². The minimum Gasteiger partial charge on any atom is -0.495 e. The molecule has 1 atom stereocenters. The smallest absolute Gasteiger partial charge is 0.328 e. The van der Waals surface area contributed by atoms with Crippen LogP contribution in [0.3, 0.4) is 0 Å². The molecule has 4 nitrogen and oxygen atoms in total. The zero-order valence-electron chi connectivity index (χ0n) is 9.06. The zero-order valence-corrected chi connectivity index (χ0v) is 9.87. The van der Waals surface area contributed by atoms with Crippen molar-refractivity contribution in [3.63, 3.8) is 0 Å². The second-order valence-electron chi connectivity index (χ2n) is 2.86. The van der Waals surface area contributed by atoms with Gasteiger partial charge in [0.25, 0.3) is 0 Å². The van der Waals surface area contributed by atoms with Gasteiger partial charge in [-0.2, -0.15) is 4.79 Å². The Kier molecular flexibility index (Phi) is 4.62. The van der Waals surface area contributed by atoms with E-state index >= 15 is 0 Å². The third kappa shape index (κ3) is 2.72. The van der Waals surface area contributed by atoms with E-state index in [9.17, 15) is 0 Å². The molecule has 0 amide bonds. The van der Waals surface area contributed by atoms with Gasteiger partial charge in [0.15, 0.2) is 6.10 Å². The first-order valence-corrected chi connectivity index (χ1v) is 5.60. The summed E-state index contributed by atoms with van der Waals surface area (Å²) in [5.41, 5.74) is 9.25. The van der Waals surface area contributed by atoms with Crippen molar-refractivity contribution < 1.29 is 14.3 Å². The molecule has 0 fully saturated rings. The highest BCUT2D eigenvalue weighted by Gasteiger charge is 2.27. The Morgan fingerprint density at radius 3 is 2.73 bits per heavy atom. The molecule has 0 aliphatic heterocycles. The van der Waals surface area contributed by atoms with Gasteiger partial charge in [0.05, 0.1) is 13.2 Å². The molecule has 0 heterocycles. The van der Waals surface area contributed by atoms with Gasteiger partial charge in [-0.1, -0.05) is 6.92 Å². The summed E-state index contributed by atoms with van der Waals surface area (Å²) in [6.07, 6.45) is 3.27. The fourth-order valence-electron chi connectivity index (χ4n) is 1.30. The molecule has 0 aromatic carbocycles. The number of ether oxygens (including phenoxy) is 2. The first-order valence-electron chi connectivity index (χ1n) is 4.62. The molecule has 1 unspecified atom stereocenters. The lowest BCUT2D eigenvalue weighted by molar-refractivity contribution is -0.0188. The van der Waals surface area contributed by atoms with Crippen LogP contribution in [0.25, 0.3) is 5.53 Å². The van der Waals surface area contributed by atoms with Crippen LogP contribution in [0.1, 0.15) is 6.92 Å². The van der Waals surface area contributed by atoms with Crippen molar-refractivity contribution in [2.75, 3.05) is 20.0 Å². The highest BCUT2D eigenvalue weighted by atomic mass is 32.2. The van der Waals surface area contributed by atoms with Crippen LogP contribution in [-0.4, -0.2) is 36.6 Å². The molecule has 1 aliphatic rings. The molecule has 0 saturated carbocycles. The summed E-state index contributed by atoms with van der Waals surface area (Å²) < 4.78 is 10.4. The van der Waals surface area contributed by atoms with Gasteiger partial charge in [-0.05, 0) is 11.8 Å². The Hall–Kier alpha value is -1.03. The zero-order chi connectivity index (χ0) is 11.3. The monoisotopic (exact) mass is 226 g/mol. The van der Waals surface area contributed by atoms with Crippen LogP contribution in [0, 0.1) is 0 Å². The van der Waals surface area contributed by atoms with E-state index in [0.717, 1.165) is 10.7 Å². The highest BCUT2D eigenvalue weighted by Crippen LogP contribution is 2.28. The van der Waals surface area contributed by atoms with E-state index in [1.807, 2.05) is 6.08 Å². The average Bonchev–Trinajstić information content (AvgIpc) is 2.28. The second-order valence-corrected chi connectivity index (χ2v) is 4.16. The van der Waals surface area contributed by atoms with Crippen molar-refractivity contribution in [1.29, 1.82) is 0 Å². The molecular formula is C10H14N2O2S. The fourth-order valence-corrected chi connectivity index (χ4v) is 2.12. The van der Waals surface area contributed by atoms with Crippen LogP contribution < -0.4 is 0 Å². The topological polar surface area (TPSA) is 54.9 Å². The Labute approximate surface area is 93.6 Å². The second kappa shape index (κ2) is 5.75. The lowest BCUT2D eigenvalue weighted by atomic mass is 10.1. The Balaban J connectivity index is 3.01. The third-order valence-corrected chi connectivity index (χ3v) is 2.94. The SMILES string of the molecule is CCSC1=CC(OC)C(=[N+]=[N-])C=C1OC. The van der Waals surface area contributed by atoms with Gasteiger partial charge >= 0.3 is 5.71 Å². The van der Waals surface area contributed by atoms with Crippen LogP contribution in [-0.2, 0) is 9.47 Å². The Bertz CT molecular complexity index is 343. The number of hydrogen-bond donors (Lipinski definition) is 0. The standard InChI is InChI=1S/C10H14N2O2S/c1-4-15-10-6-8(13-2)7(12-11)5-9(10)14-3/h5-6,8H,4H2,1-3H3. The number of nitrogens with zero attached hydrogens (tertiary/aromatic N) is 2. The molecule has 0 bridgehead atoms. The summed E-state index contributed by atoms with van der Waals surface area (Å²) in [6, 6.07) is 0. The van der Waals surface area contributed by atoms with E-state index in [1.54, 1.807) is 32.1 Å². The molecule has 0 N–H and O–H groups in total. The van der Waals surface area contributed by atoms with Gasteiger partial charge in [-0.15, -0.1) is 11.8 Å². The van der Waals surface area contributed by atoms with Crippen molar-refractivity contribution in [1.82, 2.24) is 0 Å². The van der Waals surface area contributed by atoms with Gasteiger partial charge in [0.1, 0.15) is 5.76 Å². The molecule has 0 saturated heterocycles. The van der Waals surface area contributed by atoms with E-state index in [0.29, 0.717) is 11.5 Å². The van der Waals surface area contributed by atoms with E-state index in [2.05, 4.69) is 11.7 Å². The van der Waals surface area contributed by atoms with Gasteiger partial charge in [0, 0.05) is 12.0 Å². The molecule has 1 aliphatic carbocycles. The van der Waals surface area contributed by atoms with Crippen molar-refractivity contribution in [2.45, 2.75) is 13.0 Å². The predicted octanol–water partition coefficient (Wildman–Crippen LogP) is 1.85. The maximum atomic E-state index is 8.79. The summed E-state index contributed by atoms with van der Waals surface area (Å²) in [7, 11) is 3.17. The van der Waals surface area contributed by atoms with Gasteiger partial charge < -0.3 is 15.0 Å². The van der Waals surface area contributed by atoms with Crippen molar-refractivity contribution in [3.8, 4) is 0 Å². The van der Waals surface area contributed by atoms with E-state index < -0.39 is 0 Å². The largest absolute Gasteiger partial charge is 0.495 e. The summed E-state index contributed by atoms with van der Waals surface area (Å²) in [5, 5.41) is 0. The first-order chi connectivity index (χ1) is 7.26. The minimum absolute atomic E-state index is 0.303. The van der Waals surface area contributed by atoms with E-state index in [-0.39, 0.29) is 6.10 Å². The molecule has 0 spiro atoms. The lowest BCUT2D eigenvalue weighted by Gasteiger charge is -2.16. The van der Waals surface area contributed by atoms with Crippen LogP contribution in [0.5, 0.6) is 0 Å².